The number of alkyl halides is 2. The monoisotopic (exact) mass is 412 g/mol. The van der Waals surface area contributed by atoms with Crippen LogP contribution in [0, 0.1) is 0 Å². The fourth-order valence-corrected chi connectivity index (χ4v) is 3.75. The average molecular weight is 413 g/mol. The van der Waals surface area contributed by atoms with Crippen molar-refractivity contribution in [1.82, 2.24) is 20.0 Å². The molecule has 0 radical (unpaired) electrons. The fourth-order valence-electron chi connectivity index (χ4n) is 3.75. The highest BCUT2D eigenvalue weighted by Gasteiger charge is 2.30. The Kier molecular flexibility index (Phi) is 10.0. The number of nitrogens with one attached hydrogen (secondary N) is 1. The van der Waals surface area contributed by atoms with E-state index in [2.05, 4.69) is 29.2 Å². The number of halogens is 2. The summed E-state index contributed by atoms with van der Waals surface area (Å²) in [6.07, 6.45) is 6.56. The third kappa shape index (κ3) is 8.41. The first kappa shape index (κ1) is 23.8. The molecular weight excluding hydrogens is 374 g/mol. The zero-order valence-corrected chi connectivity index (χ0v) is 18.3. The minimum absolute atomic E-state index is 0.00849. The number of unbranched alkanes of at least 4 members (excludes halogenated alkanes) is 4. The maximum atomic E-state index is 13.0. The Morgan fingerprint density at radius 3 is 2.34 bits per heavy atom. The number of nitrogens with zero attached hydrogens (tertiary/aromatic N) is 3. The van der Waals surface area contributed by atoms with Gasteiger partial charge in [0.1, 0.15) is 12.2 Å². The van der Waals surface area contributed by atoms with Gasteiger partial charge in [-0.2, -0.15) is 5.10 Å². The zero-order valence-electron chi connectivity index (χ0n) is 18.3. The Bertz CT molecular complexity index is 606. The van der Waals surface area contributed by atoms with Gasteiger partial charge in [-0.1, -0.05) is 39.5 Å². The molecule has 0 saturated heterocycles. The average Bonchev–Trinajstić information content (AvgIpc) is 3.42. The van der Waals surface area contributed by atoms with Crippen LogP contribution < -0.4 is 5.32 Å². The minimum Gasteiger partial charge on any atom is -0.351 e. The van der Waals surface area contributed by atoms with E-state index in [0.29, 0.717) is 0 Å². The van der Waals surface area contributed by atoms with Gasteiger partial charge in [-0.3, -0.25) is 9.48 Å². The Labute approximate surface area is 174 Å². The highest BCUT2D eigenvalue weighted by atomic mass is 19.3. The van der Waals surface area contributed by atoms with Gasteiger partial charge in [0.25, 0.3) is 6.43 Å². The van der Waals surface area contributed by atoms with Gasteiger partial charge >= 0.3 is 0 Å². The van der Waals surface area contributed by atoms with E-state index < -0.39 is 6.43 Å². The van der Waals surface area contributed by atoms with Crippen molar-refractivity contribution in [1.29, 1.82) is 0 Å². The largest absolute Gasteiger partial charge is 0.351 e. The summed E-state index contributed by atoms with van der Waals surface area (Å²) in [6, 6.07) is 1.47. The van der Waals surface area contributed by atoms with E-state index in [4.69, 9.17) is 0 Å². The van der Waals surface area contributed by atoms with Crippen LogP contribution in [0.1, 0.15) is 95.9 Å². The number of rotatable bonds is 15. The lowest BCUT2D eigenvalue weighted by atomic mass is 10.2. The maximum Gasteiger partial charge on any atom is 0.282 e. The Hall–Kier alpha value is -1.50. The Morgan fingerprint density at radius 2 is 1.83 bits per heavy atom. The van der Waals surface area contributed by atoms with Crippen molar-refractivity contribution in [3.63, 3.8) is 0 Å². The third-order valence-electron chi connectivity index (χ3n) is 5.44. The van der Waals surface area contributed by atoms with E-state index in [1.165, 1.54) is 49.3 Å². The predicted octanol–water partition coefficient (Wildman–Crippen LogP) is 4.89. The van der Waals surface area contributed by atoms with Crippen LogP contribution in [0.3, 0.4) is 0 Å². The molecule has 0 bridgehead atoms. The molecule has 1 fully saturated rings. The molecule has 0 aromatic carbocycles. The minimum atomic E-state index is -2.60. The zero-order chi connectivity index (χ0) is 21.2. The number of amides is 1. The van der Waals surface area contributed by atoms with E-state index in [9.17, 15) is 13.6 Å². The van der Waals surface area contributed by atoms with E-state index in [1.807, 2.05) is 6.92 Å². The normalized spacial score (nSPS) is 15.3. The molecule has 166 valence electrons. The van der Waals surface area contributed by atoms with Crippen LogP contribution in [-0.2, 0) is 11.3 Å². The van der Waals surface area contributed by atoms with Crippen LogP contribution in [0.4, 0.5) is 8.78 Å². The number of carbonyl (C=O) groups excluding carboxylic acids is 1. The summed E-state index contributed by atoms with van der Waals surface area (Å²) in [5.74, 6) is 0.109. The quantitative estimate of drug-likeness (QED) is 0.418. The number of carbonyl (C=O) groups is 1. The topological polar surface area (TPSA) is 50.2 Å². The van der Waals surface area contributed by atoms with Crippen molar-refractivity contribution in [3.8, 4) is 0 Å². The summed E-state index contributed by atoms with van der Waals surface area (Å²) in [5.41, 5.74) is 0.537. The highest BCUT2D eigenvalue weighted by molar-refractivity contribution is 5.76. The first-order valence-corrected chi connectivity index (χ1v) is 11.3. The summed E-state index contributed by atoms with van der Waals surface area (Å²) in [5, 5.41) is 7.01. The van der Waals surface area contributed by atoms with E-state index in [1.54, 1.807) is 0 Å². The first-order chi connectivity index (χ1) is 13.9. The summed E-state index contributed by atoms with van der Waals surface area (Å²) in [4.78, 5) is 15.0. The van der Waals surface area contributed by atoms with Gasteiger partial charge in [-0.15, -0.1) is 0 Å². The van der Waals surface area contributed by atoms with E-state index >= 15 is 0 Å². The van der Waals surface area contributed by atoms with Gasteiger partial charge in [-0.05, 0) is 51.8 Å². The molecule has 1 saturated carbocycles. The Morgan fingerprint density at radius 1 is 1.21 bits per heavy atom. The van der Waals surface area contributed by atoms with Crippen molar-refractivity contribution in [2.24, 2.45) is 0 Å². The molecular formula is C22H38F2N4O. The van der Waals surface area contributed by atoms with Crippen molar-refractivity contribution in [2.75, 3.05) is 19.6 Å². The van der Waals surface area contributed by atoms with Gasteiger partial charge in [0.2, 0.25) is 5.91 Å². The number of hydrogen-bond donors (Lipinski definition) is 1. The van der Waals surface area contributed by atoms with Crippen molar-refractivity contribution in [2.45, 2.75) is 97.1 Å². The lowest BCUT2D eigenvalue weighted by molar-refractivity contribution is -0.122. The van der Waals surface area contributed by atoms with Crippen molar-refractivity contribution < 1.29 is 13.6 Å². The van der Waals surface area contributed by atoms with Crippen molar-refractivity contribution >= 4 is 5.91 Å². The molecule has 1 heterocycles. The molecule has 1 unspecified atom stereocenters. The van der Waals surface area contributed by atoms with Crippen LogP contribution in [0.25, 0.3) is 0 Å². The fraction of sp³-hybridized carbons (Fsp3) is 0.818. The summed E-state index contributed by atoms with van der Waals surface area (Å²) < 4.78 is 27.5. The lowest BCUT2D eigenvalue weighted by Crippen LogP contribution is -2.44. The van der Waals surface area contributed by atoms with Gasteiger partial charge in [0, 0.05) is 24.2 Å². The van der Waals surface area contributed by atoms with E-state index in [-0.39, 0.29) is 30.1 Å². The standard InChI is InChI=1S/C22H38F2N4O/c1-4-6-8-12-27(13-9-7-5-2)15-17(3)25-21(29)16-28-20(18-10-11-18)14-19(26-28)22(23)24/h14,17-18,22H,4-13,15-16H2,1-3H3,(H,25,29). The first-order valence-electron chi connectivity index (χ1n) is 11.3. The van der Waals surface area contributed by atoms with Crippen LogP contribution in [-0.4, -0.2) is 46.3 Å². The van der Waals surface area contributed by atoms with Gasteiger partial charge < -0.3 is 10.2 Å². The predicted molar refractivity (Wildman–Crippen MR) is 112 cm³/mol. The molecule has 1 aliphatic carbocycles. The van der Waals surface area contributed by atoms with Gasteiger partial charge in [0.05, 0.1) is 0 Å². The molecule has 0 spiro atoms. The smallest absolute Gasteiger partial charge is 0.282 e. The molecule has 2 rings (SSSR count). The SMILES string of the molecule is CCCCCN(CCCCC)CC(C)NC(=O)Cn1nc(C(F)F)cc1C1CC1. The maximum absolute atomic E-state index is 13.0. The van der Waals surface area contributed by atoms with Crippen LogP contribution in [0.15, 0.2) is 6.07 Å². The molecule has 1 aromatic rings. The second-order valence-electron chi connectivity index (χ2n) is 8.41. The second kappa shape index (κ2) is 12.3. The second-order valence-corrected chi connectivity index (χ2v) is 8.41. The Balaban J connectivity index is 1.86. The molecule has 1 aromatic heterocycles. The van der Waals surface area contributed by atoms with Crippen LogP contribution >= 0.6 is 0 Å². The molecule has 29 heavy (non-hydrogen) atoms. The molecule has 1 atom stereocenters. The van der Waals surface area contributed by atoms with Crippen LogP contribution in [0.5, 0.6) is 0 Å². The highest BCUT2D eigenvalue weighted by Crippen LogP contribution is 2.41. The summed E-state index contributed by atoms with van der Waals surface area (Å²) in [6.45, 7) is 9.36. The van der Waals surface area contributed by atoms with Gasteiger partial charge in [-0.25, -0.2) is 8.78 Å². The number of aromatic nitrogens is 2. The van der Waals surface area contributed by atoms with Gasteiger partial charge in [0.15, 0.2) is 0 Å². The molecule has 0 aliphatic heterocycles. The molecule has 5 nitrogen and oxygen atoms in total. The molecule has 1 N–H and O–H groups in total. The van der Waals surface area contributed by atoms with Crippen molar-refractivity contribution in [3.05, 3.63) is 17.5 Å². The molecule has 1 amide bonds. The lowest BCUT2D eigenvalue weighted by Gasteiger charge is -2.26. The summed E-state index contributed by atoms with van der Waals surface area (Å²) in [7, 11) is 0. The number of hydrogen-bond acceptors (Lipinski definition) is 3. The molecule has 1 aliphatic rings. The summed E-state index contributed by atoms with van der Waals surface area (Å²) >= 11 is 0. The van der Waals surface area contributed by atoms with E-state index in [0.717, 1.165) is 38.2 Å². The van der Waals surface area contributed by atoms with Crippen LogP contribution in [0.2, 0.25) is 0 Å². The third-order valence-corrected chi connectivity index (χ3v) is 5.44. The molecule has 7 heteroatoms.